The zero-order valence-corrected chi connectivity index (χ0v) is 9.09. The standard InChI is InChI=1S/C11H14N4O/c1-15-10(7-13-14-15)6-12-11-5-3-2-4-9(11)8-16/h2-5,7,12,16H,6,8H2,1H3. The molecule has 2 rings (SSSR count). The highest BCUT2D eigenvalue weighted by Crippen LogP contribution is 2.15. The van der Waals surface area contributed by atoms with Crippen LogP contribution in [0.5, 0.6) is 0 Å². The van der Waals surface area contributed by atoms with Crippen LogP contribution < -0.4 is 5.32 Å². The van der Waals surface area contributed by atoms with Crippen LogP contribution in [0.3, 0.4) is 0 Å². The van der Waals surface area contributed by atoms with Gasteiger partial charge in [0.1, 0.15) is 0 Å². The van der Waals surface area contributed by atoms with Crippen molar-refractivity contribution in [3.05, 3.63) is 41.7 Å². The van der Waals surface area contributed by atoms with Crippen LogP contribution >= 0.6 is 0 Å². The highest BCUT2D eigenvalue weighted by atomic mass is 16.3. The molecule has 0 spiro atoms. The Morgan fingerprint density at radius 1 is 1.38 bits per heavy atom. The molecule has 0 unspecified atom stereocenters. The van der Waals surface area contributed by atoms with Gasteiger partial charge in [0, 0.05) is 18.3 Å². The van der Waals surface area contributed by atoms with Crippen LogP contribution in [0.4, 0.5) is 5.69 Å². The van der Waals surface area contributed by atoms with E-state index in [1.807, 2.05) is 31.3 Å². The first kappa shape index (κ1) is 10.6. The lowest BCUT2D eigenvalue weighted by Crippen LogP contribution is -2.06. The normalized spacial score (nSPS) is 10.4. The number of rotatable bonds is 4. The Kier molecular flexibility index (Phi) is 3.16. The zero-order chi connectivity index (χ0) is 11.4. The van der Waals surface area contributed by atoms with E-state index in [1.54, 1.807) is 10.9 Å². The van der Waals surface area contributed by atoms with Gasteiger partial charge in [0.2, 0.25) is 0 Å². The molecule has 0 aliphatic carbocycles. The van der Waals surface area contributed by atoms with Gasteiger partial charge in [-0.3, -0.25) is 4.68 Å². The molecular formula is C11H14N4O. The minimum absolute atomic E-state index is 0.0345. The Labute approximate surface area is 93.7 Å². The summed E-state index contributed by atoms with van der Waals surface area (Å²) in [5, 5.41) is 20.1. The summed E-state index contributed by atoms with van der Waals surface area (Å²) < 4.78 is 1.72. The minimum atomic E-state index is 0.0345. The monoisotopic (exact) mass is 218 g/mol. The highest BCUT2D eigenvalue weighted by molar-refractivity contribution is 5.50. The molecule has 0 atom stereocenters. The molecule has 16 heavy (non-hydrogen) atoms. The minimum Gasteiger partial charge on any atom is -0.392 e. The van der Waals surface area contributed by atoms with Crippen molar-refractivity contribution in [2.24, 2.45) is 7.05 Å². The maximum absolute atomic E-state index is 9.16. The fraction of sp³-hybridized carbons (Fsp3) is 0.273. The summed E-state index contributed by atoms with van der Waals surface area (Å²) in [6.45, 7) is 0.674. The summed E-state index contributed by atoms with van der Waals surface area (Å²) >= 11 is 0. The first-order valence-electron chi connectivity index (χ1n) is 5.07. The lowest BCUT2D eigenvalue weighted by Gasteiger charge is -2.09. The number of hydrogen-bond donors (Lipinski definition) is 2. The van der Waals surface area contributed by atoms with Crippen LogP contribution in [0.2, 0.25) is 0 Å². The van der Waals surface area contributed by atoms with Gasteiger partial charge in [-0.15, -0.1) is 5.10 Å². The van der Waals surface area contributed by atoms with Gasteiger partial charge >= 0.3 is 0 Å². The fourth-order valence-corrected chi connectivity index (χ4v) is 1.49. The number of aromatic nitrogens is 3. The molecule has 0 aliphatic heterocycles. The lowest BCUT2D eigenvalue weighted by atomic mass is 10.2. The lowest BCUT2D eigenvalue weighted by molar-refractivity contribution is 0.282. The Hall–Kier alpha value is -1.88. The van der Waals surface area contributed by atoms with Crippen molar-refractivity contribution in [3.8, 4) is 0 Å². The summed E-state index contributed by atoms with van der Waals surface area (Å²) in [5.41, 5.74) is 2.82. The van der Waals surface area contributed by atoms with Crippen LogP contribution in [-0.2, 0) is 20.2 Å². The molecule has 5 heteroatoms. The molecule has 0 saturated carbocycles. The number of benzene rings is 1. The molecule has 84 valence electrons. The molecule has 0 bridgehead atoms. The van der Waals surface area contributed by atoms with Gasteiger partial charge in [0.15, 0.2) is 0 Å². The number of nitrogens with one attached hydrogen (secondary N) is 1. The maximum Gasteiger partial charge on any atom is 0.0774 e. The maximum atomic E-state index is 9.16. The molecule has 0 fully saturated rings. The predicted molar refractivity (Wildman–Crippen MR) is 60.7 cm³/mol. The number of hydrogen-bond acceptors (Lipinski definition) is 4. The van der Waals surface area contributed by atoms with Crippen molar-refractivity contribution in [2.45, 2.75) is 13.2 Å². The number of aliphatic hydroxyl groups excluding tert-OH is 1. The fourth-order valence-electron chi connectivity index (χ4n) is 1.49. The van der Waals surface area contributed by atoms with Crippen LogP contribution in [0, 0.1) is 0 Å². The molecule has 1 aromatic carbocycles. The Morgan fingerprint density at radius 2 is 2.19 bits per heavy atom. The third kappa shape index (κ3) is 2.20. The molecule has 5 nitrogen and oxygen atoms in total. The van der Waals surface area contributed by atoms with Gasteiger partial charge < -0.3 is 10.4 Å². The van der Waals surface area contributed by atoms with Gasteiger partial charge in [-0.2, -0.15) is 0 Å². The number of aliphatic hydroxyl groups is 1. The summed E-state index contributed by atoms with van der Waals surface area (Å²) in [5.74, 6) is 0. The molecular weight excluding hydrogens is 204 g/mol. The van der Waals surface area contributed by atoms with E-state index >= 15 is 0 Å². The van der Waals surface area contributed by atoms with E-state index in [9.17, 15) is 0 Å². The topological polar surface area (TPSA) is 63.0 Å². The van der Waals surface area contributed by atoms with E-state index < -0.39 is 0 Å². The van der Waals surface area contributed by atoms with Crippen molar-refractivity contribution in [1.29, 1.82) is 0 Å². The average Bonchev–Trinajstić information content (AvgIpc) is 2.72. The second kappa shape index (κ2) is 4.76. The summed E-state index contributed by atoms with van der Waals surface area (Å²) in [7, 11) is 1.85. The van der Waals surface area contributed by atoms with Gasteiger partial charge in [-0.1, -0.05) is 23.4 Å². The smallest absolute Gasteiger partial charge is 0.0774 e. The molecule has 1 heterocycles. The molecule has 1 aromatic heterocycles. The molecule has 0 radical (unpaired) electrons. The molecule has 2 aromatic rings. The van der Waals surface area contributed by atoms with Crippen LogP contribution in [0.25, 0.3) is 0 Å². The average molecular weight is 218 g/mol. The van der Waals surface area contributed by atoms with Gasteiger partial charge in [-0.25, -0.2) is 0 Å². The molecule has 0 amide bonds. The number of nitrogens with zero attached hydrogens (tertiary/aromatic N) is 3. The number of para-hydroxylation sites is 1. The zero-order valence-electron chi connectivity index (χ0n) is 9.09. The molecule has 0 saturated heterocycles. The Morgan fingerprint density at radius 3 is 2.88 bits per heavy atom. The van der Waals surface area contributed by atoms with Crippen LogP contribution in [0.15, 0.2) is 30.5 Å². The van der Waals surface area contributed by atoms with Crippen molar-refractivity contribution in [1.82, 2.24) is 15.0 Å². The second-order valence-corrected chi connectivity index (χ2v) is 3.52. The van der Waals surface area contributed by atoms with Crippen molar-refractivity contribution in [3.63, 3.8) is 0 Å². The van der Waals surface area contributed by atoms with E-state index in [1.165, 1.54) is 0 Å². The van der Waals surface area contributed by atoms with E-state index in [0.29, 0.717) is 6.54 Å². The van der Waals surface area contributed by atoms with E-state index in [4.69, 9.17) is 5.11 Å². The first-order valence-corrected chi connectivity index (χ1v) is 5.07. The van der Waals surface area contributed by atoms with Gasteiger partial charge in [-0.05, 0) is 6.07 Å². The first-order chi connectivity index (χ1) is 7.81. The molecule has 2 N–H and O–H groups in total. The summed E-state index contributed by atoms with van der Waals surface area (Å²) in [4.78, 5) is 0. The third-order valence-corrected chi connectivity index (χ3v) is 2.46. The van der Waals surface area contributed by atoms with Gasteiger partial charge in [0.25, 0.3) is 0 Å². The third-order valence-electron chi connectivity index (χ3n) is 2.46. The van der Waals surface area contributed by atoms with Crippen LogP contribution in [0.1, 0.15) is 11.3 Å². The summed E-state index contributed by atoms with van der Waals surface area (Å²) in [6, 6.07) is 7.67. The Balaban J connectivity index is 2.07. The van der Waals surface area contributed by atoms with Gasteiger partial charge in [0.05, 0.1) is 25.0 Å². The molecule has 0 aliphatic rings. The van der Waals surface area contributed by atoms with Crippen LogP contribution in [-0.4, -0.2) is 20.1 Å². The SMILES string of the molecule is Cn1nncc1CNc1ccccc1CO. The quantitative estimate of drug-likeness (QED) is 0.801. The largest absolute Gasteiger partial charge is 0.392 e. The van der Waals surface area contributed by atoms with E-state index in [0.717, 1.165) is 16.9 Å². The van der Waals surface area contributed by atoms with Crippen molar-refractivity contribution in [2.75, 3.05) is 5.32 Å². The second-order valence-electron chi connectivity index (χ2n) is 3.52. The number of aryl methyl sites for hydroxylation is 1. The van der Waals surface area contributed by atoms with E-state index in [2.05, 4.69) is 15.6 Å². The Bertz CT molecular complexity index is 467. The number of anilines is 1. The highest BCUT2D eigenvalue weighted by Gasteiger charge is 2.02. The predicted octanol–water partition coefficient (Wildman–Crippen LogP) is 0.919. The van der Waals surface area contributed by atoms with Crippen molar-refractivity contribution >= 4 is 5.69 Å². The van der Waals surface area contributed by atoms with E-state index in [-0.39, 0.29) is 6.61 Å². The van der Waals surface area contributed by atoms with Crippen molar-refractivity contribution < 1.29 is 5.11 Å². The summed E-state index contributed by atoms with van der Waals surface area (Å²) in [6.07, 6.45) is 1.72.